The highest BCUT2D eigenvalue weighted by molar-refractivity contribution is 5.96. The Morgan fingerprint density at radius 3 is 2.38 bits per heavy atom. The van der Waals surface area contributed by atoms with Gasteiger partial charge in [0, 0.05) is 25.2 Å². The first-order valence-electron chi connectivity index (χ1n) is 16.5. The highest BCUT2D eigenvalue weighted by Crippen LogP contribution is 2.31. The van der Waals surface area contributed by atoms with Gasteiger partial charge in [0.05, 0.1) is 18.9 Å². The molecule has 1 saturated heterocycles. The maximum Gasteiger partial charge on any atom is 0.325 e. The number of ether oxygens (including phenoxy) is 2. The molecule has 250 valence electrons. The van der Waals surface area contributed by atoms with Crippen molar-refractivity contribution in [3.05, 3.63) is 113 Å². The smallest absolute Gasteiger partial charge is 0.325 e. The summed E-state index contributed by atoms with van der Waals surface area (Å²) in [6.07, 6.45) is 2.57. The average molecular weight is 649 g/mol. The van der Waals surface area contributed by atoms with Crippen LogP contribution in [0.1, 0.15) is 65.4 Å². The number of hydrogen-bond acceptors (Lipinski definition) is 8. The van der Waals surface area contributed by atoms with Gasteiger partial charge in [0.1, 0.15) is 19.0 Å². The third-order valence-corrected chi connectivity index (χ3v) is 8.61. The summed E-state index contributed by atoms with van der Waals surface area (Å²) >= 11 is 0. The minimum atomic E-state index is -0.515. The zero-order valence-electron chi connectivity index (χ0n) is 28.0. The molecule has 1 aliphatic rings. The number of aliphatic hydroxyl groups excluding tert-OH is 1. The molecule has 1 aromatic heterocycles. The molecule has 0 radical (unpaired) electrons. The molecule has 2 heterocycles. The number of amides is 1. The van der Waals surface area contributed by atoms with Gasteiger partial charge >= 0.3 is 5.97 Å². The highest BCUT2D eigenvalue weighted by Gasteiger charge is 2.25. The van der Waals surface area contributed by atoms with Gasteiger partial charge in [0.25, 0.3) is 5.91 Å². The number of aromatic nitrogens is 2. The molecule has 0 aliphatic carbocycles. The molecule has 0 spiro atoms. The van der Waals surface area contributed by atoms with Crippen LogP contribution in [0.25, 0.3) is 16.7 Å². The van der Waals surface area contributed by atoms with E-state index in [1.807, 2.05) is 56.3 Å². The second kappa shape index (κ2) is 16.2. The van der Waals surface area contributed by atoms with Crippen molar-refractivity contribution in [2.24, 2.45) is 5.92 Å². The quantitative estimate of drug-likeness (QED) is 0.162. The van der Waals surface area contributed by atoms with Crippen molar-refractivity contribution in [3.8, 4) is 16.9 Å². The number of hydrogen-bond donors (Lipinski definition) is 2. The number of esters is 1. The van der Waals surface area contributed by atoms with Gasteiger partial charge in [-0.05, 0) is 85.5 Å². The second-order valence-electron chi connectivity index (χ2n) is 12.2. The zero-order chi connectivity index (χ0) is 34.0. The lowest BCUT2D eigenvalue weighted by Gasteiger charge is -2.33. The van der Waals surface area contributed by atoms with E-state index in [0.29, 0.717) is 29.6 Å². The van der Waals surface area contributed by atoms with Gasteiger partial charge < -0.3 is 24.8 Å². The Hall–Kier alpha value is -5.02. The standard InChI is InChI=1S/C39H44N4O5/c1-5-47-36(45)23-40-39(46)37-38(48-25-29-9-7-6-8-10-29)27(4)41-35(42-37)21-28-17-19-43(20-18-28)33-15-13-30(14-16-33)31-11-12-32(24-44)34(22-31)26(2)3/h6-16,22,28,44H,2,5,17-21,23-25H2,1,3-4H3,(H,40,46). The Bertz CT molecular complexity index is 1730. The molecule has 0 bridgehead atoms. The topological polar surface area (TPSA) is 114 Å². The summed E-state index contributed by atoms with van der Waals surface area (Å²) in [6, 6.07) is 24.4. The third kappa shape index (κ3) is 8.66. The number of aliphatic hydroxyl groups is 1. The maximum atomic E-state index is 13.3. The van der Waals surface area contributed by atoms with Crippen molar-refractivity contribution in [3.63, 3.8) is 0 Å². The van der Waals surface area contributed by atoms with Crippen LogP contribution in [0.2, 0.25) is 0 Å². The monoisotopic (exact) mass is 648 g/mol. The van der Waals surface area contributed by atoms with Crippen LogP contribution in [0.5, 0.6) is 5.75 Å². The van der Waals surface area contributed by atoms with Crippen molar-refractivity contribution < 1.29 is 24.2 Å². The molecule has 2 N–H and O–H groups in total. The molecule has 1 fully saturated rings. The fourth-order valence-corrected chi connectivity index (χ4v) is 6.03. The second-order valence-corrected chi connectivity index (χ2v) is 12.2. The van der Waals surface area contributed by atoms with Gasteiger partial charge in [0.2, 0.25) is 0 Å². The summed E-state index contributed by atoms with van der Waals surface area (Å²) in [5.41, 5.74) is 7.84. The van der Waals surface area contributed by atoms with Crippen molar-refractivity contribution in [1.82, 2.24) is 15.3 Å². The zero-order valence-corrected chi connectivity index (χ0v) is 28.0. The number of anilines is 1. The number of rotatable bonds is 13. The van der Waals surface area contributed by atoms with Crippen LogP contribution in [0.3, 0.4) is 0 Å². The molecule has 1 amide bonds. The number of benzene rings is 3. The van der Waals surface area contributed by atoms with Gasteiger partial charge in [-0.3, -0.25) is 9.59 Å². The van der Waals surface area contributed by atoms with Crippen LogP contribution in [0.15, 0.2) is 79.4 Å². The van der Waals surface area contributed by atoms with E-state index in [4.69, 9.17) is 14.5 Å². The van der Waals surface area contributed by atoms with E-state index < -0.39 is 11.9 Å². The van der Waals surface area contributed by atoms with E-state index in [2.05, 4.69) is 52.1 Å². The molecule has 3 aromatic carbocycles. The van der Waals surface area contributed by atoms with Crippen molar-refractivity contribution in [2.45, 2.75) is 53.2 Å². The van der Waals surface area contributed by atoms with Crippen LogP contribution in [0.4, 0.5) is 5.69 Å². The molecule has 9 nitrogen and oxygen atoms in total. The van der Waals surface area contributed by atoms with Crippen molar-refractivity contribution >= 4 is 23.1 Å². The molecule has 9 heteroatoms. The van der Waals surface area contributed by atoms with Crippen LogP contribution in [0, 0.1) is 12.8 Å². The molecule has 4 aromatic rings. The molecule has 1 aliphatic heterocycles. The molecular formula is C39H44N4O5. The van der Waals surface area contributed by atoms with Crippen LogP contribution in [-0.2, 0) is 29.2 Å². The van der Waals surface area contributed by atoms with E-state index in [1.165, 1.54) is 5.69 Å². The molecular weight excluding hydrogens is 604 g/mol. The minimum Gasteiger partial charge on any atom is -0.485 e. The fraction of sp³-hybridized carbons (Fsp3) is 0.333. The van der Waals surface area contributed by atoms with Crippen molar-refractivity contribution in [2.75, 3.05) is 31.1 Å². The molecule has 48 heavy (non-hydrogen) atoms. The Labute approximate surface area is 282 Å². The van der Waals surface area contributed by atoms with Crippen LogP contribution >= 0.6 is 0 Å². The van der Waals surface area contributed by atoms with E-state index in [9.17, 15) is 14.7 Å². The normalized spacial score (nSPS) is 13.2. The van der Waals surface area contributed by atoms with E-state index in [1.54, 1.807) is 6.92 Å². The van der Waals surface area contributed by atoms with Crippen molar-refractivity contribution in [1.29, 1.82) is 0 Å². The largest absolute Gasteiger partial charge is 0.485 e. The van der Waals surface area contributed by atoms with E-state index >= 15 is 0 Å². The lowest BCUT2D eigenvalue weighted by atomic mass is 9.92. The lowest BCUT2D eigenvalue weighted by molar-refractivity contribution is -0.141. The summed E-state index contributed by atoms with van der Waals surface area (Å²) in [5, 5.41) is 12.3. The predicted molar refractivity (Wildman–Crippen MR) is 188 cm³/mol. The number of allylic oxidation sites excluding steroid dienone is 1. The summed E-state index contributed by atoms with van der Waals surface area (Å²) < 4.78 is 11.0. The number of carbonyl (C=O) groups is 2. The van der Waals surface area contributed by atoms with Crippen LogP contribution < -0.4 is 15.0 Å². The summed E-state index contributed by atoms with van der Waals surface area (Å²) in [5.74, 6) is 0.236. The Morgan fingerprint density at radius 2 is 1.71 bits per heavy atom. The van der Waals surface area contributed by atoms with Gasteiger partial charge in [-0.1, -0.05) is 66.7 Å². The average Bonchev–Trinajstić information content (AvgIpc) is 3.10. The summed E-state index contributed by atoms with van der Waals surface area (Å²) in [4.78, 5) is 37.0. The number of nitrogens with zero attached hydrogens (tertiary/aromatic N) is 3. The third-order valence-electron chi connectivity index (χ3n) is 8.61. The van der Waals surface area contributed by atoms with E-state index in [0.717, 1.165) is 59.3 Å². The number of nitrogens with one attached hydrogen (secondary N) is 1. The lowest BCUT2D eigenvalue weighted by Crippen LogP contribution is -2.35. The maximum absolute atomic E-state index is 13.3. The fourth-order valence-electron chi connectivity index (χ4n) is 6.03. The first-order chi connectivity index (χ1) is 23.2. The summed E-state index contributed by atoms with van der Waals surface area (Å²) in [7, 11) is 0. The molecule has 0 unspecified atom stereocenters. The molecule has 0 atom stereocenters. The highest BCUT2D eigenvalue weighted by atomic mass is 16.5. The summed E-state index contributed by atoms with van der Waals surface area (Å²) in [6.45, 7) is 11.6. The van der Waals surface area contributed by atoms with Gasteiger partial charge in [-0.2, -0.15) is 0 Å². The first-order valence-corrected chi connectivity index (χ1v) is 16.5. The number of carbonyl (C=O) groups excluding carboxylic acids is 2. The molecule has 5 rings (SSSR count). The van der Waals surface area contributed by atoms with Gasteiger partial charge in [0.15, 0.2) is 11.4 Å². The first kappa shape index (κ1) is 34.3. The van der Waals surface area contributed by atoms with Gasteiger partial charge in [-0.15, -0.1) is 0 Å². The molecule has 0 saturated carbocycles. The Balaban J connectivity index is 1.24. The van der Waals surface area contributed by atoms with Gasteiger partial charge in [-0.25, -0.2) is 9.97 Å². The number of piperidine rings is 1. The van der Waals surface area contributed by atoms with Crippen LogP contribution in [-0.4, -0.2) is 53.2 Å². The Morgan fingerprint density at radius 1 is 1.00 bits per heavy atom. The Kier molecular flexibility index (Phi) is 11.6. The minimum absolute atomic E-state index is 0.00873. The van der Waals surface area contributed by atoms with E-state index in [-0.39, 0.29) is 32.1 Å². The number of aryl methyl sites for hydroxylation is 1. The SMILES string of the molecule is C=C(C)c1cc(-c2ccc(N3CCC(Cc4nc(C)c(OCc5ccccc5)c(C(=O)NCC(=O)OCC)n4)CC3)cc2)ccc1CO. The predicted octanol–water partition coefficient (Wildman–Crippen LogP) is 6.31.